The summed E-state index contributed by atoms with van der Waals surface area (Å²) in [4.78, 5) is 31.8. The fourth-order valence-electron chi connectivity index (χ4n) is 5.73. The first-order valence-corrected chi connectivity index (χ1v) is 13.4. The van der Waals surface area contributed by atoms with Gasteiger partial charge >= 0.3 is 0 Å². The number of aromatic nitrogens is 2. The molecule has 0 saturated carbocycles. The van der Waals surface area contributed by atoms with Crippen molar-refractivity contribution in [3.05, 3.63) is 54.0 Å². The quantitative estimate of drug-likeness (QED) is 0.625. The summed E-state index contributed by atoms with van der Waals surface area (Å²) in [7, 11) is 0. The summed E-state index contributed by atoms with van der Waals surface area (Å²) in [6.07, 6.45) is 9.30. The molecule has 192 valence electrons. The van der Waals surface area contributed by atoms with Crippen molar-refractivity contribution in [1.82, 2.24) is 19.8 Å². The SMILES string of the molecule is Nc1cc(CN2CCC(C(=O)N3CCC(C(=NC4CCOCC4)c4ccccn4)CC3)CC2)ccn1. The van der Waals surface area contributed by atoms with Gasteiger partial charge in [0.25, 0.3) is 0 Å². The van der Waals surface area contributed by atoms with Crippen LogP contribution in [0.4, 0.5) is 5.82 Å². The zero-order valence-electron chi connectivity index (χ0n) is 21.1. The van der Waals surface area contributed by atoms with Crippen LogP contribution in [0.15, 0.2) is 47.7 Å². The first-order valence-electron chi connectivity index (χ1n) is 13.4. The van der Waals surface area contributed by atoms with E-state index < -0.39 is 0 Å². The van der Waals surface area contributed by atoms with E-state index in [1.807, 2.05) is 30.5 Å². The van der Waals surface area contributed by atoms with Crippen LogP contribution >= 0.6 is 0 Å². The van der Waals surface area contributed by atoms with Gasteiger partial charge in [-0.05, 0) is 81.4 Å². The van der Waals surface area contributed by atoms with Crippen LogP contribution in [0.1, 0.15) is 49.8 Å². The summed E-state index contributed by atoms with van der Waals surface area (Å²) >= 11 is 0. The lowest BCUT2D eigenvalue weighted by molar-refractivity contribution is -0.138. The molecular formula is C28H38N6O2. The number of nitrogens with zero attached hydrogens (tertiary/aromatic N) is 5. The second-order valence-electron chi connectivity index (χ2n) is 10.3. The van der Waals surface area contributed by atoms with Crippen molar-refractivity contribution in [2.75, 3.05) is 45.1 Å². The van der Waals surface area contributed by atoms with Crippen molar-refractivity contribution in [1.29, 1.82) is 0 Å². The lowest BCUT2D eigenvalue weighted by Crippen LogP contribution is -2.46. The summed E-state index contributed by atoms with van der Waals surface area (Å²) in [6.45, 7) is 5.92. The van der Waals surface area contributed by atoms with Crippen molar-refractivity contribution in [2.45, 2.75) is 51.1 Å². The van der Waals surface area contributed by atoms with Gasteiger partial charge in [-0.25, -0.2) is 4.98 Å². The van der Waals surface area contributed by atoms with Gasteiger partial charge in [-0.15, -0.1) is 0 Å². The molecule has 3 aliphatic rings. The van der Waals surface area contributed by atoms with E-state index in [2.05, 4.69) is 25.8 Å². The van der Waals surface area contributed by atoms with E-state index in [9.17, 15) is 4.79 Å². The first-order chi connectivity index (χ1) is 17.7. The number of hydrogen-bond donors (Lipinski definition) is 1. The minimum Gasteiger partial charge on any atom is -0.384 e. The molecule has 0 spiro atoms. The lowest BCUT2D eigenvalue weighted by Gasteiger charge is -2.37. The van der Waals surface area contributed by atoms with Gasteiger partial charge in [-0.1, -0.05) is 6.07 Å². The van der Waals surface area contributed by atoms with Crippen LogP contribution in [0.3, 0.4) is 0 Å². The van der Waals surface area contributed by atoms with Crippen molar-refractivity contribution in [3.63, 3.8) is 0 Å². The Morgan fingerprint density at radius 1 is 0.944 bits per heavy atom. The minimum absolute atomic E-state index is 0.131. The molecular weight excluding hydrogens is 452 g/mol. The van der Waals surface area contributed by atoms with Crippen molar-refractivity contribution < 1.29 is 9.53 Å². The number of hydrogen-bond acceptors (Lipinski definition) is 7. The van der Waals surface area contributed by atoms with Crippen molar-refractivity contribution in [3.8, 4) is 0 Å². The molecule has 0 unspecified atom stereocenters. The standard InChI is InChI=1S/C28H38N6O2/c29-26-19-21(4-12-31-26)20-33-13-5-23(6-14-33)28(35)34-15-7-22(8-16-34)27(25-3-1-2-11-30-25)32-24-9-17-36-18-10-24/h1-4,11-12,19,22-24H,5-10,13-18,20H2,(H2,29,31). The van der Waals surface area contributed by atoms with E-state index in [1.54, 1.807) is 6.20 Å². The third kappa shape index (κ3) is 6.28. The molecule has 3 fully saturated rings. The minimum atomic E-state index is 0.131. The Labute approximate surface area is 214 Å². The van der Waals surface area contributed by atoms with Crippen LogP contribution in [0.2, 0.25) is 0 Å². The number of pyridine rings is 2. The average molecular weight is 491 g/mol. The fraction of sp³-hybridized carbons (Fsp3) is 0.571. The van der Waals surface area contributed by atoms with Crippen LogP contribution in [0, 0.1) is 11.8 Å². The molecule has 3 saturated heterocycles. The molecule has 2 aromatic rings. The molecule has 0 atom stereocenters. The van der Waals surface area contributed by atoms with Gasteiger partial charge in [0.05, 0.1) is 17.4 Å². The van der Waals surface area contributed by atoms with Crippen LogP contribution in [0.5, 0.6) is 0 Å². The molecule has 0 aromatic carbocycles. The Balaban J connectivity index is 1.15. The van der Waals surface area contributed by atoms with Crippen molar-refractivity contribution >= 4 is 17.4 Å². The Morgan fingerprint density at radius 3 is 2.39 bits per heavy atom. The number of nitrogens with two attached hydrogens (primary N) is 1. The summed E-state index contributed by atoms with van der Waals surface area (Å²) < 4.78 is 5.53. The molecule has 0 aliphatic carbocycles. The number of rotatable bonds is 6. The topological polar surface area (TPSA) is 96.9 Å². The van der Waals surface area contributed by atoms with Crippen LogP contribution in [-0.2, 0) is 16.1 Å². The number of piperidine rings is 2. The number of carbonyl (C=O) groups is 1. The highest BCUT2D eigenvalue weighted by Crippen LogP contribution is 2.27. The smallest absolute Gasteiger partial charge is 0.225 e. The second-order valence-corrected chi connectivity index (χ2v) is 10.3. The molecule has 0 radical (unpaired) electrons. The number of anilines is 1. The highest BCUT2D eigenvalue weighted by molar-refractivity contribution is 6.01. The fourth-order valence-corrected chi connectivity index (χ4v) is 5.73. The van der Waals surface area contributed by atoms with Gasteiger partial charge in [-0.2, -0.15) is 0 Å². The summed E-state index contributed by atoms with van der Waals surface area (Å²) in [5, 5.41) is 0. The molecule has 8 nitrogen and oxygen atoms in total. The Bertz CT molecular complexity index is 1020. The summed E-state index contributed by atoms with van der Waals surface area (Å²) in [5.41, 5.74) is 9.11. The van der Waals surface area contributed by atoms with Gasteiger partial charge in [0.1, 0.15) is 5.82 Å². The van der Waals surface area contributed by atoms with E-state index in [4.69, 9.17) is 15.5 Å². The average Bonchev–Trinajstić information content (AvgIpc) is 2.93. The highest BCUT2D eigenvalue weighted by Gasteiger charge is 2.33. The van der Waals surface area contributed by atoms with Gasteiger partial charge < -0.3 is 15.4 Å². The number of amides is 1. The molecule has 2 aromatic heterocycles. The Hall–Kier alpha value is -2.84. The molecule has 2 N–H and O–H groups in total. The molecule has 0 bridgehead atoms. The lowest BCUT2D eigenvalue weighted by atomic mass is 9.88. The number of aliphatic imine (C=N–C) groups is 1. The number of carbonyl (C=O) groups excluding carboxylic acids is 1. The third-order valence-corrected chi connectivity index (χ3v) is 7.82. The molecule has 1 amide bonds. The molecule has 36 heavy (non-hydrogen) atoms. The van der Waals surface area contributed by atoms with Gasteiger partial charge in [0.15, 0.2) is 0 Å². The van der Waals surface area contributed by atoms with E-state index >= 15 is 0 Å². The van der Waals surface area contributed by atoms with E-state index in [0.29, 0.717) is 23.7 Å². The Morgan fingerprint density at radius 2 is 1.69 bits per heavy atom. The predicted molar refractivity (Wildman–Crippen MR) is 141 cm³/mol. The van der Waals surface area contributed by atoms with E-state index in [0.717, 1.165) is 95.9 Å². The molecule has 8 heteroatoms. The van der Waals surface area contributed by atoms with Crippen molar-refractivity contribution in [2.24, 2.45) is 16.8 Å². The highest BCUT2D eigenvalue weighted by atomic mass is 16.5. The van der Waals surface area contributed by atoms with Crippen LogP contribution in [0.25, 0.3) is 0 Å². The normalized spacial score (nSPS) is 21.6. The van der Waals surface area contributed by atoms with Crippen LogP contribution in [-0.4, -0.2) is 76.8 Å². The second kappa shape index (κ2) is 11.9. The zero-order valence-corrected chi connectivity index (χ0v) is 21.1. The molecule has 5 heterocycles. The van der Waals surface area contributed by atoms with Gasteiger partial charge in [0.2, 0.25) is 5.91 Å². The van der Waals surface area contributed by atoms with E-state index in [1.165, 1.54) is 5.56 Å². The van der Waals surface area contributed by atoms with Crippen LogP contribution < -0.4 is 5.73 Å². The van der Waals surface area contributed by atoms with E-state index in [-0.39, 0.29) is 5.92 Å². The summed E-state index contributed by atoms with van der Waals surface area (Å²) in [5.74, 6) is 1.37. The largest absolute Gasteiger partial charge is 0.384 e. The Kier molecular flexibility index (Phi) is 8.23. The van der Waals surface area contributed by atoms with Gasteiger partial charge in [0, 0.05) is 57.1 Å². The number of likely N-dealkylation sites (tertiary alicyclic amines) is 2. The maximum atomic E-state index is 13.4. The molecule has 3 aliphatic heterocycles. The number of ether oxygens (including phenoxy) is 1. The monoisotopic (exact) mass is 490 g/mol. The third-order valence-electron chi connectivity index (χ3n) is 7.82. The number of nitrogen functional groups attached to an aromatic ring is 1. The molecule has 5 rings (SSSR count). The predicted octanol–water partition coefficient (Wildman–Crippen LogP) is 3.18. The maximum absolute atomic E-state index is 13.4. The first kappa shape index (κ1) is 24.8. The van der Waals surface area contributed by atoms with Gasteiger partial charge in [-0.3, -0.25) is 19.7 Å². The zero-order chi connectivity index (χ0) is 24.7. The summed E-state index contributed by atoms with van der Waals surface area (Å²) in [6, 6.07) is 10.3. The maximum Gasteiger partial charge on any atom is 0.225 e.